The third-order valence-electron chi connectivity index (χ3n) is 3.08. The molecule has 1 rings (SSSR count). The molecule has 0 radical (unpaired) electrons. The molecule has 88 valence electrons. The number of nitrogens with one attached hydrogen (secondary N) is 1. The second kappa shape index (κ2) is 5.95. The molecule has 1 saturated heterocycles. The highest BCUT2D eigenvalue weighted by molar-refractivity contribution is 5.74. The van der Waals surface area contributed by atoms with Crippen molar-refractivity contribution >= 4 is 6.03 Å². The van der Waals surface area contributed by atoms with Crippen LogP contribution in [0.1, 0.15) is 20.3 Å². The van der Waals surface area contributed by atoms with Crippen LogP contribution >= 0.6 is 0 Å². The van der Waals surface area contributed by atoms with Gasteiger partial charge in [0.2, 0.25) is 0 Å². The Morgan fingerprint density at radius 2 is 2.13 bits per heavy atom. The first-order valence-corrected chi connectivity index (χ1v) is 5.91. The Hall–Kier alpha value is -0.770. The van der Waals surface area contributed by atoms with Crippen molar-refractivity contribution in [3.05, 3.63) is 0 Å². The van der Waals surface area contributed by atoms with Gasteiger partial charge in [-0.1, -0.05) is 0 Å². The molecule has 4 nitrogen and oxygen atoms in total. The molecule has 1 aliphatic heterocycles. The van der Waals surface area contributed by atoms with Gasteiger partial charge in [-0.05, 0) is 39.8 Å². The van der Waals surface area contributed by atoms with E-state index >= 15 is 0 Å². The minimum absolute atomic E-state index is 0.207. The molecule has 0 spiro atoms. The lowest BCUT2D eigenvalue weighted by Gasteiger charge is -2.25. The van der Waals surface area contributed by atoms with Crippen molar-refractivity contribution in [1.29, 1.82) is 0 Å². The molecule has 0 bridgehead atoms. The first-order chi connectivity index (χ1) is 7.22. The molecule has 2 amide bonds. The normalized spacial score (nSPS) is 20.7. The number of carbonyl (C=O) groups is 1. The highest BCUT2D eigenvalue weighted by atomic mass is 16.2. The molecule has 0 aromatic rings. The second-order valence-corrected chi connectivity index (χ2v) is 4.11. The summed E-state index contributed by atoms with van der Waals surface area (Å²) in [5, 5.41) is 3.17. The minimum atomic E-state index is 0.207. The smallest absolute Gasteiger partial charge is 0.319 e. The number of carbonyl (C=O) groups excluding carboxylic acids is 1. The van der Waals surface area contributed by atoms with Crippen LogP contribution in [0.15, 0.2) is 0 Å². The molecule has 1 aliphatic rings. The molecule has 1 atom stereocenters. The molecule has 0 aromatic carbocycles. The van der Waals surface area contributed by atoms with Gasteiger partial charge >= 0.3 is 6.03 Å². The number of rotatable bonds is 4. The minimum Gasteiger partial charge on any atom is -0.325 e. The van der Waals surface area contributed by atoms with Crippen molar-refractivity contribution in [2.45, 2.75) is 20.3 Å². The van der Waals surface area contributed by atoms with Crippen LogP contribution in [0, 0.1) is 5.92 Å². The molecular weight excluding hydrogens is 190 g/mol. The number of hydrogen-bond donors (Lipinski definition) is 1. The zero-order chi connectivity index (χ0) is 11.3. The van der Waals surface area contributed by atoms with E-state index in [4.69, 9.17) is 0 Å². The fourth-order valence-electron chi connectivity index (χ4n) is 2.16. The lowest BCUT2D eigenvalue weighted by atomic mass is 10.1. The number of urea groups is 1. The van der Waals surface area contributed by atoms with E-state index in [-0.39, 0.29) is 6.03 Å². The average molecular weight is 213 g/mol. The van der Waals surface area contributed by atoms with Gasteiger partial charge in [0.25, 0.3) is 0 Å². The van der Waals surface area contributed by atoms with Gasteiger partial charge in [-0.15, -0.1) is 0 Å². The summed E-state index contributed by atoms with van der Waals surface area (Å²) in [4.78, 5) is 15.9. The van der Waals surface area contributed by atoms with E-state index < -0.39 is 0 Å². The fourth-order valence-corrected chi connectivity index (χ4v) is 2.16. The monoisotopic (exact) mass is 213 g/mol. The summed E-state index contributed by atoms with van der Waals surface area (Å²) in [5.74, 6) is 0.634. The van der Waals surface area contributed by atoms with Crippen LogP contribution in [0.4, 0.5) is 4.79 Å². The first-order valence-electron chi connectivity index (χ1n) is 5.91. The predicted octanol–water partition coefficient (Wildman–Crippen LogP) is 0.990. The number of amides is 2. The number of hydrogen-bond acceptors (Lipinski definition) is 2. The van der Waals surface area contributed by atoms with Gasteiger partial charge in [0.05, 0.1) is 0 Å². The Kier molecular flexibility index (Phi) is 4.88. The van der Waals surface area contributed by atoms with Gasteiger partial charge in [-0.3, -0.25) is 0 Å². The fraction of sp³-hybridized carbons (Fsp3) is 0.909. The maximum absolute atomic E-state index is 12.0. The standard InChI is InChI=1S/C11H23N3O/c1-4-13(5-2)11(15)14-7-6-10(9-14)8-12-3/h10,12H,4-9H2,1-3H3. The molecule has 15 heavy (non-hydrogen) atoms. The molecule has 0 aromatic heterocycles. The first kappa shape index (κ1) is 12.3. The van der Waals surface area contributed by atoms with E-state index in [1.807, 2.05) is 30.7 Å². The zero-order valence-electron chi connectivity index (χ0n) is 10.1. The second-order valence-electron chi connectivity index (χ2n) is 4.11. The zero-order valence-corrected chi connectivity index (χ0v) is 10.1. The van der Waals surface area contributed by atoms with Gasteiger partial charge in [0, 0.05) is 26.2 Å². The molecular formula is C11H23N3O. The van der Waals surface area contributed by atoms with Crippen molar-refractivity contribution in [3.63, 3.8) is 0 Å². The van der Waals surface area contributed by atoms with E-state index in [9.17, 15) is 4.79 Å². The summed E-state index contributed by atoms with van der Waals surface area (Å²) in [6.07, 6.45) is 1.13. The van der Waals surface area contributed by atoms with Crippen molar-refractivity contribution in [2.75, 3.05) is 39.8 Å². The van der Waals surface area contributed by atoms with Crippen molar-refractivity contribution in [2.24, 2.45) is 5.92 Å². The molecule has 1 unspecified atom stereocenters. The van der Waals surface area contributed by atoms with Gasteiger partial charge in [-0.25, -0.2) is 4.79 Å². The maximum atomic E-state index is 12.0. The van der Waals surface area contributed by atoms with E-state index in [0.29, 0.717) is 5.92 Å². The molecule has 1 heterocycles. The van der Waals surface area contributed by atoms with Crippen molar-refractivity contribution < 1.29 is 4.79 Å². The summed E-state index contributed by atoms with van der Waals surface area (Å²) >= 11 is 0. The van der Waals surface area contributed by atoms with E-state index in [1.165, 1.54) is 0 Å². The SMILES string of the molecule is CCN(CC)C(=O)N1CCC(CNC)C1. The van der Waals surface area contributed by atoms with Crippen LogP contribution in [0.25, 0.3) is 0 Å². The van der Waals surface area contributed by atoms with Crippen LogP contribution in [0.3, 0.4) is 0 Å². The lowest BCUT2D eigenvalue weighted by molar-refractivity contribution is 0.166. The summed E-state index contributed by atoms with van der Waals surface area (Å²) in [5.41, 5.74) is 0. The number of likely N-dealkylation sites (tertiary alicyclic amines) is 1. The van der Waals surface area contributed by atoms with Crippen LogP contribution in [-0.4, -0.2) is 55.6 Å². The third-order valence-corrected chi connectivity index (χ3v) is 3.08. The Bertz CT molecular complexity index is 204. The summed E-state index contributed by atoms with van der Waals surface area (Å²) < 4.78 is 0. The lowest BCUT2D eigenvalue weighted by Crippen LogP contribution is -2.42. The Morgan fingerprint density at radius 1 is 1.47 bits per heavy atom. The number of nitrogens with zero attached hydrogens (tertiary/aromatic N) is 2. The summed E-state index contributed by atoms with van der Waals surface area (Å²) in [6.45, 7) is 8.52. The molecule has 4 heteroatoms. The van der Waals surface area contributed by atoms with Gasteiger partial charge in [0.15, 0.2) is 0 Å². The molecule has 1 N–H and O–H groups in total. The van der Waals surface area contributed by atoms with Crippen LogP contribution in [0.5, 0.6) is 0 Å². The van der Waals surface area contributed by atoms with E-state index in [2.05, 4.69) is 5.32 Å². The molecule has 0 saturated carbocycles. The maximum Gasteiger partial charge on any atom is 0.319 e. The van der Waals surface area contributed by atoms with Crippen molar-refractivity contribution in [1.82, 2.24) is 15.1 Å². The average Bonchev–Trinajstić information content (AvgIpc) is 2.68. The van der Waals surface area contributed by atoms with Gasteiger partial charge in [0.1, 0.15) is 0 Å². The van der Waals surface area contributed by atoms with Crippen molar-refractivity contribution in [3.8, 4) is 0 Å². The third kappa shape index (κ3) is 3.09. The largest absolute Gasteiger partial charge is 0.325 e. The highest BCUT2D eigenvalue weighted by Crippen LogP contribution is 2.16. The van der Waals surface area contributed by atoms with E-state index in [0.717, 1.165) is 39.1 Å². The summed E-state index contributed by atoms with van der Waals surface area (Å²) in [6, 6.07) is 0.207. The van der Waals surface area contributed by atoms with Gasteiger partial charge in [-0.2, -0.15) is 0 Å². The van der Waals surface area contributed by atoms with Crippen LogP contribution in [-0.2, 0) is 0 Å². The topological polar surface area (TPSA) is 35.6 Å². The quantitative estimate of drug-likeness (QED) is 0.756. The van der Waals surface area contributed by atoms with Crippen LogP contribution in [0.2, 0.25) is 0 Å². The molecule has 1 fully saturated rings. The van der Waals surface area contributed by atoms with Gasteiger partial charge < -0.3 is 15.1 Å². The highest BCUT2D eigenvalue weighted by Gasteiger charge is 2.27. The Balaban J connectivity index is 2.42. The molecule has 0 aliphatic carbocycles. The Morgan fingerprint density at radius 3 is 2.67 bits per heavy atom. The predicted molar refractivity (Wildman–Crippen MR) is 61.9 cm³/mol. The van der Waals surface area contributed by atoms with E-state index in [1.54, 1.807) is 0 Å². The summed E-state index contributed by atoms with van der Waals surface area (Å²) in [7, 11) is 1.97. The Labute approximate surface area is 92.6 Å². The van der Waals surface area contributed by atoms with Crippen LogP contribution < -0.4 is 5.32 Å².